The van der Waals surface area contributed by atoms with Crippen LogP contribution in [0, 0.1) is 11.3 Å². The zero-order valence-corrected chi connectivity index (χ0v) is 17.4. The second kappa shape index (κ2) is 8.50. The van der Waals surface area contributed by atoms with Crippen LogP contribution >= 0.6 is 11.8 Å². The number of rotatable bonds is 5. The molecule has 7 nitrogen and oxygen atoms in total. The summed E-state index contributed by atoms with van der Waals surface area (Å²) in [5.74, 6) is -0.795. The summed E-state index contributed by atoms with van der Waals surface area (Å²) in [4.78, 5) is 38.6. The van der Waals surface area contributed by atoms with Crippen molar-refractivity contribution in [3.05, 3.63) is 76.3 Å². The Morgan fingerprint density at radius 1 is 1.16 bits per heavy atom. The van der Waals surface area contributed by atoms with Crippen LogP contribution in [0.2, 0.25) is 0 Å². The number of methoxy groups -OCH3 is 1. The normalized spacial score (nSPS) is 15.0. The van der Waals surface area contributed by atoms with Gasteiger partial charge in [0, 0.05) is 22.7 Å². The minimum Gasteiger partial charge on any atom is -0.468 e. The lowest BCUT2D eigenvalue weighted by Crippen LogP contribution is -2.27. The number of hydrogen-bond donors (Lipinski definition) is 0. The van der Waals surface area contributed by atoms with Gasteiger partial charge in [-0.05, 0) is 35.5 Å². The quantitative estimate of drug-likeness (QED) is 0.449. The number of imide groups is 1. The van der Waals surface area contributed by atoms with Gasteiger partial charge in [-0.1, -0.05) is 36.4 Å². The van der Waals surface area contributed by atoms with E-state index >= 15 is 0 Å². The molecule has 0 radical (unpaired) electrons. The first-order chi connectivity index (χ1) is 15.0. The van der Waals surface area contributed by atoms with Crippen LogP contribution < -0.4 is 0 Å². The number of nitrogens with zero attached hydrogens (tertiary/aromatic N) is 3. The molecule has 1 fully saturated rings. The Morgan fingerprint density at radius 3 is 2.68 bits per heavy atom. The van der Waals surface area contributed by atoms with Gasteiger partial charge < -0.3 is 9.30 Å². The van der Waals surface area contributed by atoms with Crippen LogP contribution in [0.1, 0.15) is 16.7 Å². The van der Waals surface area contributed by atoms with Crippen molar-refractivity contribution in [3.8, 4) is 6.07 Å². The van der Waals surface area contributed by atoms with E-state index in [0.717, 1.165) is 33.1 Å². The minimum absolute atomic E-state index is 0.0375. The maximum atomic E-state index is 12.9. The first-order valence-electron chi connectivity index (χ1n) is 9.40. The molecule has 2 heterocycles. The molecule has 2 aromatic carbocycles. The number of thioether (sulfide) groups is 1. The molecule has 3 aromatic rings. The predicted octanol–water partition coefficient (Wildman–Crippen LogP) is 3.92. The summed E-state index contributed by atoms with van der Waals surface area (Å²) in [5, 5.41) is 9.73. The number of ether oxygens (including phenoxy) is 1. The van der Waals surface area contributed by atoms with Crippen molar-refractivity contribution < 1.29 is 19.1 Å². The number of nitriles is 1. The highest BCUT2D eigenvalue weighted by Gasteiger charge is 2.35. The summed E-state index contributed by atoms with van der Waals surface area (Å²) in [5.41, 5.74) is 2.59. The second-order valence-corrected chi connectivity index (χ2v) is 7.84. The number of carbonyl (C=O) groups is 3. The van der Waals surface area contributed by atoms with Crippen LogP contribution in [0.4, 0.5) is 4.79 Å². The van der Waals surface area contributed by atoms with Crippen molar-refractivity contribution in [1.82, 2.24) is 9.47 Å². The molecule has 0 spiro atoms. The number of esters is 1. The number of aromatic nitrogens is 1. The highest BCUT2D eigenvalue weighted by molar-refractivity contribution is 8.18. The molecule has 0 atom stereocenters. The third kappa shape index (κ3) is 3.96. The fourth-order valence-electron chi connectivity index (χ4n) is 3.44. The van der Waals surface area contributed by atoms with Crippen molar-refractivity contribution in [3.63, 3.8) is 0 Å². The third-order valence-electron chi connectivity index (χ3n) is 4.97. The lowest BCUT2D eigenvalue weighted by atomic mass is 10.1. The number of hydrogen-bond acceptors (Lipinski definition) is 6. The molecular weight excluding hydrogens is 414 g/mol. The Balaban J connectivity index is 1.66. The van der Waals surface area contributed by atoms with Crippen LogP contribution in [0.3, 0.4) is 0 Å². The average Bonchev–Trinajstić information content (AvgIpc) is 3.26. The maximum Gasteiger partial charge on any atom is 0.325 e. The number of fused-ring (bicyclic) bond motifs is 1. The summed E-state index contributed by atoms with van der Waals surface area (Å²) >= 11 is 0.860. The first kappa shape index (κ1) is 20.4. The molecule has 0 bridgehead atoms. The van der Waals surface area contributed by atoms with Crippen LogP contribution in [0.25, 0.3) is 17.0 Å². The topological polar surface area (TPSA) is 92.4 Å². The molecule has 1 aromatic heterocycles. The third-order valence-corrected chi connectivity index (χ3v) is 5.88. The van der Waals surface area contributed by atoms with Crippen LogP contribution in [-0.2, 0) is 27.4 Å². The van der Waals surface area contributed by atoms with Gasteiger partial charge in [0.05, 0.1) is 30.2 Å². The van der Waals surface area contributed by atoms with Crippen LogP contribution in [-0.4, -0.2) is 33.7 Å². The van der Waals surface area contributed by atoms with Gasteiger partial charge in [-0.2, -0.15) is 5.26 Å². The van der Waals surface area contributed by atoms with E-state index in [1.54, 1.807) is 41.1 Å². The van der Waals surface area contributed by atoms with Gasteiger partial charge in [0.15, 0.2) is 0 Å². The van der Waals surface area contributed by atoms with Gasteiger partial charge in [-0.25, -0.2) is 0 Å². The summed E-state index contributed by atoms with van der Waals surface area (Å²) in [6.07, 6.45) is 3.43. The average molecular weight is 431 g/mol. The van der Waals surface area contributed by atoms with Gasteiger partial charge in [-0.15, -0.1) is 0 Å². The maximum absolute atomic E-state index is 12.9. The molecule has 4 rings (SSSR count). The second-order valence-electron chi connectivity index (χ2n) is 6.84. The largest absolute Gasteiger partial charge is 0.468 e. The fourth-order valence-corrected chi connectivity index (χ4v) is 4.27. The molecule has 0 aliphatic carbocycles. The Labute approximate surface area is 182 Å². The van der Waals surface area contributed by atoms with Gasteiger partial charge in [0.1, 0.15) is 6.54 Å². The number of amides is 2. The Bertz CT molecular complexity index is 1290. The number of carbonyl (C=O) groups excluding carboxylic acids is 3. The first-order valence-corrected chi connectivity index (χ1v) is 10.2. The molecule has 1 saturated heterocycles. The van der Waals surface area contributed by atoms with E-state index < -0.39 is 5.91 Å². The highest BCUT2D eigenvalue weighted by Crippen LogP contribution is 2.35. The zero-order valence-electron chi connectivity index (χ0n) is 16.6. The van der Waals surface area contributed by atoms with E-state index in [0.29, 0.717) is 16.0 Å². The smallest absolute Gasteiger partial charge is 0.325 e. The monoisotopic (exact) mass is 431 g/mol. The van der Waals surface area contributed by atoms with Crippen molar-refractivity contribution in [2.75, 3.05) is 7.11 Å². The van der Waals surface area contributed by atoms with Crippen LogP contribution in [0.15, 0.2) is 59.6 Å². The van der Waals surface area contributed by atoms with E-state index in [2.05, 4.69) is 6.07 Å². The summed E-state index contributed by atoms with van der Waals surface area (Å²) in [6.45, 7) is 0.0765. The van der Waals surface area contributed by atoms with E-state index in [1.807, 2.05) is 24.3 Å². The molecule has 8 heteroatoms. The van der Waals surface area contributed by atoms with E-state index in [-0.39, 0.29) is 24.3 Å². The molecule has 0 N–H and O–H groups in total. The SMILES string of the molecule is COC(=O)Cn1cc(/C=C2/SC(=O)N(Cc3ccccc3C#N)C2=O)c2ccccc21. The van der Waals surface area contributed by atoms with E-state index in [4.69, 9.17) is 4.74 Å². The Morgan fingerprint density at radius 2 is 1.90 bits per heavy atom. The van der Waals surface area contributed by atoms with Crippen molar-refractivity contribution in [1.29, 1.82) is 5.26 Å². The number of para-hydroxylation sites is 1. The van der Waals surface area contributed by atoms with E-state index in [1.165, 1.54) is 7.11 Å². The van der Waals surface area contributed by atoms with Gasteiger partial charge in [0.25, 0.3) is 11.1 Å². The molecule has 1 aliphatic rings. The van der Waals surface area contributed by atoms with Crippen LogP contribution in [0.5, 0.6) is 0 Å². The molecule has 0 saturated carbocycles. The molecule has 31 heavy (non-hydrogen) atoms. The molecule has 2 amide bonds. The molecular formula is C23H17N3O4S. The number of benzene rings is 2. The van der Waals surface area contributed by atoms with Gasteiger partial charge in [-0.3, -0.25) is 19.3 Å². The van der Waals surface area contributed by atoms with E-state index in [9.17, 15) is 19.6 Å². The van der Waals surface area contributed by atoms with Gasteiger partial charge >= 0.3 is 5.97 Å². The molecule has 0 unspecified atom stereocenters. The summed E-state index contributed by atoms with van der Waals surface area (Å²) in [6, 6.07) is 16.5. The van der Waals surface area contributed by atoms with Gasteiger partial charge in [0.2, 0.25) is 0 Å². The van der Waals surface area contributed by atoms with Crippen molar-refractivity contribution >= 4 is 45.9 Å². The highest BCUT2D eigenvalue weighted by atomic mass is 32.2. The van der Waals surface area contributed by atoms with Crippen molar-refractivity contribution in [2.24, 2.45) is 0 Å². The lowest BCUT2D eigenvalue weighted by Gasteiger charge is -2.13. The Kier molecular flexibility index (Phi) is 5.60. The summed E-state index contributed by atoms with van der Waals surface area (Å²) in [7, 11) is 1.33. The van der Waals surface area contributed by atoms with Crippen molar-refractivity contribution in [2.45, 2.75) is 13.1 Å². The molecule has 154 valence electrons. The standard InChI is InChI=1S/C23H17N3O4S/c1-30-21(27)14-25-12-17(18-8-4-5-9-19(18)25)10-20-22(28)26(23(29)31-20)13-16-7-3-2-6-15(16)11-24/h2-10,12H,13-14H2,1H3/b20-10+. The zero-order chi connectivity index (χ0) is 22.0. The molecule has 1 aliphatic heterocycles. The lowest BCUT2D eigenvalue weighted by molar-refractivity contribution is -0.141. The summed E-state index contributed by atoms with van der Waals surface area (Å²) < 4.78 is 6.51. The Hall–Kier alpha value is -3.83. The predicted molar refractivity (Wildman–Crippen MR) is 117 cm³/mol. The fraction of sp³-hybridized carbons (Fsp3) is 0.130. The minimum atomic E-state index is -0.410.